The van der Waals surface area contributed by atoms with Crippen LogP contribution in [0.1, 0.15) is 24.1 Å². The minimum absolute atomic E-state index is 0.0872. The van der Waals surface area contributed by atoms with Crippen molar-refractivity contribution in [3.05, 3.63) is 29.3 Å². The highest BCUT2D eigenvalue weighted by Crippen LogP contribution is 2.35. The molecule has 0 fully saturated rings. The second-order valence-electron chi connectivity index (χ2n) is 4.09. The van der Waals surface area contributed by atoms with Gasteiger partial charge in [-0.05, 0) is 13.0 Å². The predicted octanol–water partition coefficient (Wildman–Crippen LogP) is 1.15. The monoisotopic (exact) mass is 218 g/mol. The van der Waals surface area contributed by atoms with Gasteiger partial charge < -0.3 is 10.2 Å². The Morgan fingerprint density at radius 1 is 1.44 bits per heavy atom. The molecule has 0 saturated carbocycles. The molecule has 0 aliphatic carbocycles. The largest absolute Gasteiger partial charge is 0.341 e. The van der Waals surface area contributed by atoms with Gasteiger partial charge in [0.2, 0.25) is 5.91 Å². The summed E-state index contributed by atoms with van der Waals surface area (Å²) in [6, 6.07) is 5.28. The van der Waals surface area contributed by atoms with E-state index in [0.717, 1.165) is 16.8 Å². The fraction of sp³-hybridized carbons (Fsp3) is 0.333. The number of hydrogen-bond acceptors (Lipinski definition) is 2. The van der Waals surface area contributed by atoms with Crippen molar-refractivity contribution in [1.29, 1.82) is 0 Å². The number of nitrogens with zero attached hydrogens (tertiary/aromatic N) is 1. The third-order valence-corrected chi connectivity index (χ3v) is 2.78. The summed E-state index contributed by atoms with van der Waals surface area (Å²) in [6.07, 6.45) is 0. The molecule has 4 nitrogen and oxygen atoms in total. The van der Waals surface area contributed by atoms with Crippen molar-refractivity contribution in [1.82, 2.24) is 5.32 Å². The van der Waals surface area contributed by atoms with Gasteiger partial charge in [0.25, 0.3) is 5.91 Å². The molecule has 1 aromatic carbocycles. The summed E-state index contributed by atoms with van der Waals surface area (Å²) >= 11 is 0. The van der Waals surface area contributed by atoms with Crippen LogP contribution in [0.2, 0.25) is 0 Å². The number of carbonyl (C=O) groups excluding carboxylic acids is 2. The normalized spacial score (nSPS) is 18.6. The first-order valence-corrected chi connectivity index (χ1v) is 5.16. The summed E-state index contributed by atoms with van der Waals surface area (Å²) in [7, 11) is 1.72. The predicted molar refractivity (Wildman–Crippen MR) is 61.1 cm³/mol. The van der Waals surface area contributed by atoms with Crippen LogP contribution in [-0.2, 0) is 9.59 Å². The Kier molecular flexibility index (Phi) is 2.42. The molecule has 16 heavy (non-hydrogen) atoms. The molecular weight excluding hydrogens is 204 g/mol. The van der Waals surface area contributed by atoms with Gasteiger partial charge in [0.1, 0.15) is 6.04 Å². The van der Waals surface area contributed by atoms with Crippen molar-refractivity contribution in [2.24, 2.45) is 0 Å². The molecule has 84 valence electrons. The first kappa shape index (κ1) is 10.7. The van der Waals surface area contributed by atoms with Crippen molar-refractivity contribution >= 4 is 17.5 Å². The molecule has 0 aromatic heterocycles. The van der Waals surface area contributed by atoms with E-state index in [9.17, 15) is 9.59 Å². The number of fused-ring (bicyclic) bond motifs is 1. The maximum Gasteiger partial charge on any atom is 0.254 e. The zero-order chi connectivity index (χ0) is 11.9. The highest BCUT2D eigenvalue weighted by Gasteiger charge is 2.35. The summed E-state index contributed by atoms with van der Waals surface area (Å²) in [5.41, 5.74) is 2.83. The van der Waals surface area contributed by atoms with E-state index in [0.29, 0.717) is 0 Å². The highest BCUT2D eigenvalue weighted by atomic mass is 16.2. The Morgan fingerprint density at radius 3 is 2.75 bits per heavy atom. The lowest BCUT2D eigenvalue weighted by Gasteiger charge is -2.11. The zero-order valence-corrected chi connectivity index (χ0v) is 9.57. The molecule has 1 aromatic rings. The second kappa shape index (κ2) is 3.63. The van der Waals surface area contributed by atoms with Crippen molar-refractivity contribution in [2.75, 3.05) is 11.9 Å². The van der Waals surface area contributed by atoms with Crippen LogP contribution in [0, 0.1) is 6.92 Å². The second-order valence-corrected chi connectivity index (χ2v) is 4.09. The molecule has 1 heterocycles. The van der Waals surface area contributed by atoms with Gasteiger partial charge in [0, 0.05) is 25.2 Å². The maximum absolute atomic E-state index is 11.9. The van der Waals surface area contributed by atoms with Crippen molar-refractivity contribution in [3.8, 4) is 0 Å². The van der Waals surface area contributed by atoms with Crippen LogP contribution in [0.4, 0.5) is 5.69 Å². The molecule has 1 aliphatic rings. The first-order valence-electron chi connectivity index (χ1n) is 5.16. The summed E-state index contributed by atoms with van der Waals surface area (Å²) in [4.78, 5) is 24.6. The van der Waals surface area contributed by atoms with Gasteiger partial charge in [-0.3, -0.25) is 9.59 Å². The van der Waals surface area contributed by atoms with Crippen LogP contribution in [0.25, 0.3) is 0 Å². The lowest BCUT2D eigenvalue weighted by Crippen LogP contribution is -2.34. The van der Waals surface area contributed by atoms with Gasteiger partial charge in [-0.1, -0.05) is 17.7 Å². The van der Waals surface area contributed by atoms with Crippen LogP contribution in [-0.4, -0.2) is 18.9 Å². The molecule has 0 radical (unpaired) electrons. The van der Waals surface area contributed by atoms with Gasteiger partial charge >= 0.3 is 0 Å². The standard InChI is InChI=1S/C12H14N2O2/c1-7-4-5-10-9(6-7)11(13-8(2)15)12(16)14(10)3/h4-6,11H,1-3H3,(H,13,15)/t11-/m1/s1. The maximum atomic E-state index is 11.9. The molecule has 0 unspecified atom stereocenters. The highest BCUT2D eigenvalue weighted by molar-refractivity contribution is 6.05. The third kappa shape index (κ3) is 1.56. The fourth-order valence-corrected chi connectivity index (χ4v) is 2.00. The topological polar surface area (TPSA) is 49.4 Å². The van der Waals surface area contributed by atoms with E-state index >= 15 is 0 Å². The SMILES string of the molecule is CC(=O)N[C@H]1C(=O)N(C)c2ccc(C)cc21. The lowest BCUT2D eigenvalue weighted by atomic mass is 10.1. The molecule has 4 heteroatoms. The fourth-order valence-electron chi connectivity index (χ4n) is 2.00. The molecule has 1 atom stereocenters. The Hall–Kier alpha value is -1.84. The summed E-state index contributed by atoms with van der Waals surface area (Å²) in [5, 5.41) is 2.68. The molecular formula is C12H14N2O2. The average molecular weight is 218 g/mol. The number of nitrogens with one attached hydrogen (secondary N) is 1. The first-order chi connectivity index (χ1) is 7.50. The van der Waals surface area contributed by atoms with E-state index in [-0.39, 0.29) is 11.8 Å². The van der Waals surface area contributed by atoms with E-state index < -0.39 is 6.04 Å². The molecule has 0 saturated heterocycles. The number of carbonyl (C=O) groups is 2. The molecule has 0 spiro atoms. The Labute approximate surface area is 94.2 Å². The van der Waals surface area contributed by atoms with Gasteiger partial charge in [-0.25, -0.2) is 0 Å². The van der Waals surface area contributed by atoms with Gasteiger partial charge in [0.15, 0.2) is 0 Å². The number of benzene rings is 1. The van der Waals surface area contributed by atoms with Crippen molar-refractivity contribution in [2.45, 2.75) is 19.9 Å². The average Bonchev–Trinajstić information content (AvgIpc) is 2.43. The van der Waals surface area contributed by atoms with Gasteiger partial charge in [0.05, 0.1) is 0 Å². The summed E-state index contributed by atoms with van der Waals surface area (Å²) < 4.78 is 0. The smallest absolute Gasteiger partial charge is 0.254 e. The number of rotatable bonds is 1. The number of anilines is 1. The van der Waals surface area contributed by atoms with Crippen LogP contribution < -0.4 is 10.2 Å². The number of hydrogen-bond donors (Lipinski definition) is 1. The van der Waals surface area contributed by atoms with E-state index in [4.69, 9.17) is 0 Å². The van der Waals surface area contributed by atoms with E-state index in [1.807, 2.05) is 25.1 Å². The summed E-state index contributed by atoms with van der Waals surface area (Å²) in [5.74, 6) is -0.281. The summed E-state index contributed by atoms with van der Waals surface area (Å²) in [6.45, 7) is 3.38. The Balaban J connectivity index is 2.47. The van der Waals surface area contributed by atoms with Crippen LogP contribution in [0.15, 0.2) is 18.2 Å². The molecule has 1 N–H and O–H groups in total. The Morgan fingerprint density at radius 2 is 2.12 bits per heavy atom. The van der Waals surface area contributed by atoms with Crippen LogP contribution in [0.5, 0.6) is 0 Å². The lowest BCUT2D eigenvalue weighted by molar-refractivity contribution is -0.125. The molecule has 0 bridgehead atoms. The zero-order valence-electron chi connectivity index (χ0n) is 9.57. The van der Waals surface area contributed by atoms with Gasteiger partial charge in [-0.2, -0.15) is 0 Å². The van der Waals surface area contributed by atoms with Crippen LogP contribution in [0.3, 0.4) is 0 Å². The third-order valence-electron chi connectivity index (χ3n) is 2.78. The van der Waals surface area contributed by atoms with E-state index in [1.165, 1.54) is 6.92 Å². The quantitative estimate of drug-likeness (QED) is 0.768. The Bertz CT molecular complexity index is 468. The molecule has 2 rings (SSSR count). The van der Waals surface area contributed by atoms with Crippen molar-refractivity contribution < 1.29 is 9.59 Å². The van der Waals surface area contributed by atoms with E-state index in [2.05, 4.69) is 5.32 Å². The number of likely N-dealkylation sites (N-methyl/N-ethyl adjacent to an activating group) is 1. The number of amides is 2. The molecule has 1 aliphatic heterocycles. The number of aryl methyl sites for hydroxylation is 1. The molecule has 2 amide bonds. The van der Waals surface area contributed by atoms with Crippen LogP contribution >= 0.6 is 0 Å². The van der Waals surface area contributed by atoms with Gasteiger partial charge in [-0.15, -0.1) is 0 Å². The minimum atomic E-state index is -0.530. The minimum Gasteiger partial charge on any atom is -0.341 e. The van der Waals surface area contributed by atoms with E-state index in [1.54, 1.807) is 11.9 Å². The van der Waals surface area contributed by atoms with Crippen molar-refractivity contribution in [3.63, 3.8) is 0 Å².